The van der Waals surface area contributed by atoms with Gasteiger partial charge in [0, 0.05) is 22.7 Å². The first kappa shape index (κ1) is 17.0. The third kappa shape index (κ3) is 4.38. The van der Waals surface area contributed by atoms with Gasteiger partial charge in [0.15, 0.2) is 0 Å². The molecule has 3 nitrogen and oxygen atoms in total. The fourth-order valence-corrected chi connectivity index (χ4v) is 3.19. The number of benzene rings is 2. The van der Waals surface area contributed by atoms with E-state index >= 15 is 0 Å². The third-order valence-corrected chi connectivity index (χ3v) is 4.29. The van der Waals surface area contributed by atoms with E-state index in [9.17, 15) is 4.79 Å². The molecular formula is C19H17Cl2NO2. The average Bonchev–Trinajstić information content (AvgIpc) is 2.60. The van der Waals surface area contributed by atoms with Gasteiger partial charge in [0.25, 0.3) is 0 Å². The highest BCUT2D eigenvalue weighted by atomic mass is 35.5. The molecule has 1 unspecified atom stereocenters. The summed E-state index contributed by atoms with van der Waals surface area (Å²) in [5.74, 6) is -0.0275. The van der Waals surface area contributed by atoms with E-state index in [0.29, 0.717) is 29.7 Å². The number of carbonyl (C=O) groups excluding carboxylic acids is 1. The molecule has 124 valence electrons. The Morgan fingerprint density at radius 1 is 1.12 bits per heavy atom. The zero-order chi connectivity index (χ0) is 16.9. The Bertz CT molecular complexity index is 726. The van der Waals surface area contributed by atoms with Crippen molar-refractivity contribution in [2.75, 3.05) is 19.7 Å². The van der Waals surface area contributed by atoms with Gasteiger partial charge in [0.1, 0.15) is 6.10 Å². The highest BCUT2D eigenvalue weighted by molar-refractivity contribution is 6.34. The van der Waals surface area contributed by atoms with E-state index in [0.717, 1.165) is 11.1 Å². The maximum atomic E-state index is 12.4. The number of ether oxygens (including phenoxy) is 1. The van der Waals surface area contributed by atoms with Gasteiger partial charge in [-0.2, -0.15) is 0 Å². The van der Waals surface area contributed by atoms with E-state index in [1.165, 1.54) is 0 Å². The van der Waals surface area contributed by atoms with E-state index in [1.54, 1.807) is 17.0 Å². The predicted molar refractivity (Wildman–Crippen MR) is 97.2 cm³/mol. The summed E-state index contributed by atoms with van der Waals surface area (Å²) in [6.45, 7) is 1.54. The number of morpholine rings is 1. The van der Waals surface area contributed by atoms with Gasteiger partial charge in [0.05, 0.1) is 13.2 Å². The van der Waals surface area contributed by atoms with E-state index in [4.69, 9.17) is 27.9 Å². The van der Waals surface area contributed by atoms with Gasteiger partial charge in [-0.25, -0.2) is 0 Å². The minimum atomic E-state index is -0.218. The molecule has 2 aromatic carbocycles. The van der Waals surface area contributed by atoms with Crippen LogP contribution in [-0.4, -0.2) is 30.5 Å². The molecule has 1 saturated heterocycles. The lowest BCUT2D eigenvalue weighted by Crippen LogP contribution is -2.41. The minimum Gasteiger partial charge on any atom is -0.370 e. The summed E-state index contributed by atoms with van der Waals surface area (Å²) >= 11 is 12.1. The Morgan fingerprint density at radius 3 is 2.54 bits per heavy atom. The first-order valence-electron chi connectivity index (χ1n) is 7.71. The fourth-order valence-electron chi connectivity index (χ4n) is 2.65. The maximum Gasteiger partial charge on any atom is 0.246 e. The lowest BCUT2D eigenvalue weighted by atomic mass is 10.1. The molecule has 0 aromatic heterocycles. The van der Waals surface area contributed by atoms with Crippen molar-refractivity contribution in [1.29, 1.82) is 0 Å². The summed E-state index contributed by atoms with van der Waals surface area (Å²) in [4.78, 5) is 14.2. The molecule has 0 bridgehead atoms. The van der Waals surface area contributed by atoms with Gasteiger partial charge in [0.2, 0.25) is 5.91 Å². The molecular weight excluding hydrogens is 345 g/mol. The van der Waals surface area contributed by atoms with E-state index in [-0.39, 0.29) is 12.0 Å². The largest absolute Gasteiger partial charge is 0.370 e. The normalized spacial score (nSPS) is 18.1. The maximum absolute atomic E-state index is 12.4. The van der Waals surface area contributed by atoms with Crippen molar-refractivity contribution in [3.8, 4) is 0 Å². The molecule has 1 aliphatic heterocycles. The molecule has 0 spiro atoms. The summed E-state index contributed by atoms with van der Waals surface area (Å²) in [7, 11) is 0. The topological polar surface area (TPSA) is 29.5 Å². The Morgan fingerprint density at radius 2 is 1.83 bits per heavy atom. The van der Waals surface area contributed by atoms with Crippen LogP contribution in [0.5, 0.6) is 0 Å². The van der Waals surface area contributed by atoms with Crippen LogP contribution in [0.25, 0.3) is 6.08 Å². The molecule has 0 saturated carbocycles. The SMILES string of the molecule is O=C(C=Cc1ccccc1)N1CCOC(c2cc(Cl)cc(Cl)c2)C1. The van der Waals surface area contributed by atoms with Crippen LogP contribution >= 0.6 is 23.2 Å². The van der Waals surface area contributed by atoms with Crippen LogP contribution in [0.1, 0.15) is 17.2 Å². The van der Waals surface area contributed by atoms with Crippen molar-refractivity contribution in [3.63, 3.8) is 0 Å². The molecule has 3 rings (SSSR count). The number of amides is 1. The number of nitrogens with zero attached hydrogens (tertiary/aromatic N) is 1. The van der Waals surface area contributed by atoms with Crippen LogP contribution in [0.2, 0.25) is 10.0 Å². The van der Waals surface area contributed by atoms with Gasteiger partial charge < -0.3 is 9.64 Å². The van der Waals surface area contributed by atoms with Crippen molar-refractivity contribution in [2.45, 2.75) is 6.10 Å². The Kier molecular flexibility index (Phi) is 5.56. The average molecular weight is 362 g/mol. The van der Waals surface area contributed by atoms with Gasteiger partial charge in [-0.1, -0.05) is 53.5 Å². The molecule has 0 aliphatic carbocycles. The summed E-state index contributed by atoms with van der Waals surface area (Å²) in [6.07, 6.45) is 3.20. The molecule has 24 heavy (non-hydrogen) atoms. The number of halogens is 2. The molecule has 5 heteroatoms. The lowest BCUT2D eigenvalue weighted by Gasteiger charge is -2.32. The first-order valence-corrected chi connectivity index (χ1v) is 8.47. The van der Waals surface area contributed by atoms with Crippen molar-refractivity contribution < 1.29 is 9.53 Å². The third-order valence-electron chi connectivity index (χ3n) is 3.85. The van der Waals surface area contributed by atoms with Crippen LogP contribution in [-0.2, 0) is 9.53 Å². The Balaban J connectivity index is 1.68. The van der Waals surface area contributed by atoms with Gasteiger partial charge in [-0.3, -0.25) is 4.79 Å². The van der Waals surface area contributed by atoms with E-state index < -0.39 is 0 Å². The van der Waals surface area contributed by atoms with Crippen LogP contribution in [0.15, 0.2) is 54.6 Å². The van der Waals surface area contributed by atoms with E-state index in [1.807, 2.05) is 48.5 Å². The standard InChI is InChI=1S/C19H17Cl2NO2/c20-16-10-15(11-17(21)12-16)18-13-22(8-9-24-18)19(23)7-6-14-4-2-1-3-5-14/h1-7,10-12,18H,8-9,13H2. The fraction of sp³-hybridized carbons (Fsp3) is 0.211. The Hall–Kier alpha value is -1.81. The Labute approximate surface area is 151 Å². The molecule has 1 aliphatic rings. The van der Waals surface area contributed by atoms with Crippen LogP contribution in [0, 0.1) is 0 Å². The quantitative estimate of drug-likeness (QED) is 0.747. The predicted octanol–water partition coefficient (Wildman–Crippen LogP) is 4.61. The highest BCUT2D eigenvalue weighted by Gasteiger charge is 2.24. The van der Waals surface area contributed by atoms with Gasteiger partial charge in [-0.15, -0.1) is 0 Å². The highest BCUT2D eigenvalue weighted by Crippen LogP contribution is 2.28. The zero-order valence-electron chi connectivity index (χ0n) is 13.0. The van der Waals surface area contributed by atoms with Crippen molar-refractivity contribution in [2.24, 2.45) is 0 Å². The van der Waals surface area contributed by atoms with Crippen LogP contribution < -0.4 is 0 Å². The zero-order valence-corrected chi connectivity index (χ0v) is 14.5. The number of carbonyl (C=O) groups is 1. The molecule has 1 atom stereocenters. The molecule has 0 radical (unpaired) electrons. The molecule has 1 fully saturated rings. The smallest absolute Gasteiger partial charge is 0.246 e. The monoisotopic (exact) mass is 361 g/mol. The number of hydrogen-bond acceptors (Lipinski definition) is 2. The summed E-state index contributed by atoms with van der Waals surface area (Å²) in [5, 5.41) is 1.13. The van der Waals surface area contributed by atoms with Gasteiger partial charge >= 0.3 is 0 Å². The summed E-state index contributed by atoms with van der Waals surface area (Å²) in [5.41, 5.74) is 1.88. The summed E-state index contributed by atoms with van der Waals surface area (Å²) < 4.78 is 5.78. The number of hydrogen-bond donors (Lipinski definition) is 0. The number of rotatable bonds is 3. The lowest BCUT2D eigenvalue weighted by molar-refractivity contribution is -0.133. The molecule has 0 N–H and O–H groups in total. The van der Waals surface area contributed by atoms with Crippen molar-refractivity contribution >= 4 is 35.2 Å². The molecule has 1 heterocycles. The summed E-state index contributed by atoms with van der Waals surface area (Å²) in [6, 6.07) is 15.1. The molecule has 1 amide bonds. The van der Waals surface area contributed by atoms with Crippen LogP contribution in [0.4, 0.5) is 0 Å². The second kappa shape index (κ2) is 7.84. The van der Waals surface area contributed by atoms with Crippen molar-refractivity contribution in [3.05, 3.63) is 75.8 Å². The van der Waals surface area contributed by atoms with Gasteiger partial charge in [-0.05, 0) is 35.4 Å². The second-order valence-electron chi connectivity index (χ2n) is 5.59. The van der Waals surface area contributed by atoms with E-state index in [2.05, 4.69) is 0 Å². The molecule has 2 aromatic rings. The second-order valence-corrected chi connectivity index (χ2v) is 6.46. The van der Waals surface area contributed by atoms with Crippen molar-refractivity contribution in [1.82, 2.24) is 4.90 Å². The first-order chi connectivity index (χ1) is 11.6. The van der Waals surface area contributed by atoms with Crippen LogP contribution in [0.3, 0.4) is 0 Å². The minimum absolute atomic E-state index is 0.0275.